The van der Waals surface area contributed by atoms with Crippen LogP contribution in [-0.4, -0.2) is 35.8 Å². The largest absolute Gasteiger partial charge is 0.476 e. The van der Waals surface area contributed by atoms with Crippen molar-refractivity contribution in [2.75, 3.05) is 31.4 Å². The third-order valence-corrected chi connectivity index (χ3v) is 2.09. The van der Waals surface area contributed by atoms with Crippen molar-refractivity contribution in [3.8, 4) is 5.88 Å². The zero-order valence-corrected chi connectivity index (χ0v) is 10.8. The molecule has 0 aliphatic rings. The number of nitrogens with zero attached hydrogens (tertiary/aromatic N) is 2. The minimum atomic E-state index is -0.263. The van der Waals surface area contributed by atoms with Crippen LogP contribution in [-0.2, 0) is 4.74 Å². The van der Waals surface area contributed by atoms with Crippen LogP contribution in [0.4, 0.5) is 11.5 Å². The molecule has 6 heteroatoms. The molecule has 0 saturated heterocycles. The number of nitrogens with two attached hydrogens (primary N) is 1. The molecule has 0 fully saturated rings. The first kappa shape index (κ1) is 13.5. The van der Waals surface area contributed by atoms with Crippen molar-refractivity contribution in [2.45, 2.75) is 26.3 Å². The molecule has 1 aromatic rings. The summed E-state index contributed by atoms with van der Waals surface area (Å²) in [5.74, 6) is 0.962. The number of hydrogen-bond acceptors (Lipinski definition) is 6. The first-order chi connectivity index (χ1) is 8.00. The molecule has 1 aromatic heterocycles. The first-order valence-electron chi connectivity index (χ1n) is 5.50. The van der Waals surface area contributed by atoms with Crippen molar-refractivity contribution in [1.82, 2.24) is 9.97 Å². The summed E-state index contributed by atoms with van der Waals surface area (Å²) in [5, 5.41) is 3.21. The van der Waals surface area contributed by atoms with Gasteiger partial charge >= 0.3 is 0 Å². The van der Waals surface area contributed by atoms with Crippen LogP contribution in [0.15, 0.2) is 6.33 Å². The summed E-state index contributed by atoms with van der Waals surface area (Å²) in [6.07, 6.45) is 1.42. The Hall–Kier alpha value is -1.56. The van der Waals surface area contributed by atoms with E-state index in [4.69, 9.17) is 15.2 Å². The molecule has 17 heavy (non-hydrogen) atoms. The lowest BCUT2D eigenvalue weighted by atomic mass is 10.1. The summed E-state index contributed by atoms with van der Waals surface area (Å²) in [6.45, 7) is 6.93. The maximum absolute atomic E-state index is 5.92. The number of aromatic nitrogens is 2. The van der Waals surface area contributed by atoms with Gasteiger partial charge in [-0.2, -0.15) is 4.98 Å². The maximum atomic E-state index is 5.92. The summed E-state index contributed by atoms with van der Waals surface area (Å²) in [7, 11) is 1.65. The molecular weight excluding hydrogens is 220 g/mol. The molecule has 0 saturated carbocycles. The number of nitrogen functional groups attached to an aromatic ring is 1. The highest BCUT2D eigenvalue weighted by atomic mass is 16.5. The summed E-state index contributed by atoms with van der Waals surface area (Å²) >= 11 is 0. The van der Waals surface area contributed by atoms with Crippen LogP contribution in [0.1, 0.15) is 20.8 Å². The Balaban J connectivity index is 2.87. The van der Waals surface area contributed by atoms with E-state index in [9.17, 15) is 0 Å². The van der Waals surface area contributed by atoms with Crippen molar-refractivity contribution in [3.63, 3.8) is 0 Å². The minimum absolute atomic E-state index is 0.263. The molecule has 6 nitrogen and oxygen atoms in total. The number of nitrogens with one attached hydrogen (secondary N) is 1. The minimum Gasteiger partial charge on any atom is -0.476 e. The van der Waals surface area contributed by atoms with E-state index in [0.717, 1.165) is 0 Å². The van der Waals surface area contributed by atoms with Gasteiger partial charge in [-0.3, -0.25) is 0 Å². The fourth-order valence-corrected chi connectivity index (χ4v) is 1.45. The van der Waals surface area contributed by atoms with Gasteiger partial charge in [-0.1, -0.05) is 0 Å². The number of rotatable bonds is 6. The molecule has 3 N–H and O–H groups in total. The summed E-state index contributed by atoms with van der Waals surface area (Å²) in [6, 6.07) is 0. The quantitative estimate of drug-likeness (QED) is 0.779. The van der Waals surface area contributed by atoms with Crippen molar-refractivity contribution in [2.24, 2.45) is 0 Å². The Morgan fingerprint density at radius 1 is 1.41 bits per heavy atom. The average molecular weight is 240 g/mol. The predicted octanol–water partition coefficient (Wildman–Crippen LogP) is 1.29. The fourth-order valence-electron chi connectivity index (χ4n) is 1.45. The third-order valence-electron chi connectivity index (χ3n) is 2.09. The van der Waals surface area contributed by atoms with Gasteiger partial charge in [-0.25, -0.2) is 4.98 Å². The van der Waals surface area contributed by atoms with E-state index in [0.29, 0.717) is 30.6 Å². The monoisotopic (exact) mass is 240 g/mol. The van der Waals surface area contributed by atoms with Crippen molar-refractivity contribution >= 4 is 11.5 Å². The molecule has 0 aliphatic carbocycles. The van der Waals surface area contributed by atoms with E-state index in [-0.39, 0.29) is 5.54 Å². The molecule has 0 amide bonds. The molecule has 96 valence electrons. The molecule has 0 radical (unpaired) electrons. The molecule has 0 aliphatic heterocycles. The van der Waals surface area contributed by atoms with E-state index >= 15 is 0 Å². The Morgan fingerprint density at radius 2 is 2.12 bits per heavy atom. The van der Waals surface area contributed by atoms with Crippen LogP contribution in [0.25, 0.3) is 0 Å². The van der Waals surface area contributed by atoms with E-state index < -0.39 is 0 Å². The Bertz CT molecular complexity index is 368. The third kappa shape index (κ3) is 3.74. The van der Waals surface area contributed by atoms with Gasteiger partial charge in [0, 0.05) is 7.11 Å². The van der Waals surface area contributed by atoms with Gasteiger partial charge in [0.2, 0.25) is 5.88 Å². The normalized spacial score (nSPS) is 11.3. The highest BCUT2D eigenvalue weighted by Gasteiger charge is 2.20. The van der Waals surface area contributed by atoms with Crippen LogP contribution < -0.4 is 15.8 Å². The lowest BCUT2D eigenvalue weighted by Crippen LogP contribution is -2.36. The fraction of sp³-hybridized carbons (Fsp3) is 0.636. The zero-order chi connectivity index (χ0) is 12.9. The lowest BCUT2D eigenvalue weighted by Gasteiger charge is -2.26. The van der Waals surface area contributed by atoms with Crippen LogP contribution in [0, 0.1) is 0 Å². The van der Waals surface area contributed by atoms with Crippen LogP contribution in [0.5, 0.6) is 5.88 Å². The molecule has 0 unspecified atom stereocenters. The highest BCUT2D eigenvalue weighted by molar-refractivity contribution is 5.67. The van der Waals surface area contributed by atoms with Gasteiger partial charge in [0.05, 0.1) is 18.8 Å². The van der Waals surface area contributed by atoms with E-state index in [1.165, 1.54) is 6.33 Å². The highest BCUT2D eigenvalue weighted by Crippen LogP contribution is 2.26. The Kier molecular flexibility index (Phi) is 4.51. The molecular formula is C11H20N4O2. The van der Waals surface area contributed by atoms with E-state index in [1.54, 1.807) is 7.11 Å². The molecule has 1 heterocycles. The second-order valence-corrected chi connectivity index (χ2v) is 4.32. The van der Waals surface area contributed by atoms with Gasteiger partial charge in [-0.15, -0.1) is 0 Å². The van der Waals surface area contributed by atoms with Gasteiger partial charge < -0.3 is 20.5 Å². The molecule has 0 atom stereocenters. The average Bonchev–Trinajstić information content (AvgIpc) is 2.24. The summed E-state index contributed by atoms with van der Waals surface area (Å²) in [5.41, 5.74) is 6.07. The van der Waals surface area contributed by atoms with Crippen LogP contribution in [0.3, 0.4) is 0 Å². The van der Waals surface area contributed by atoms with Crippen LogP contribution in [0.2, 0.25) is 0 Å². The molecule has 1 rings (SSSR count). The Labute approximate surface area is 102 Å². The van der Waals surface area contributed by atoms with E-state index in [2.05, 4.69) is 15.3 Å². The number of anilines is 2. The number of ether oxygens (including phenoxy) is 2. The molecule has 0 aromatic carbocycles. The lowest BCUT2D eigenvalue weighted by molar-refractivity contribution is 0.158. The van der Waals surface area contributed by atoms with Crippen molar-refractivity contribution in [3.05, 3.63) is 6.33 Å². The topological polar surface area (TPSA) is 82.3 Å². The van der Waals surface area contributed by atoms with E-state index in [1.807, 2.05) is 20.8 Å². The first-order valence-corrected chi connectivity index (χ1v) is 5.50. The second kappa shape index (κ2) is 5.67. The van der Waals surface area contributed by atoms with Crippen LogP contribution >= 0.6 is 0 Å². The predicted molar refractivity (Wildman–Crippen MR) is 67.2 cm³/mol. The maximum Gasteiger partial charge on any atom is 0.242 e. The number of methoxy groups -OCH3 is 1. The van der Waals surface area contributed by atoms with Gasteiger partial charge in [0.1, 0.15) is 12.0 Å². The molecule has 0 spiro atoms. The Morgan fingerprint density at radius 3 is 2.71 bits per heavy atom. The smallest absolute Gasteiger partial charge is 0.242 e. The van der Waals surface area contributed by atoms with Crippen molar-refractivity contribution < 1.29 is 9.47 Å². The van der Waals surface area contributed by atoms with Gasteiger partial charge in [0.25, 0.3) is 0 Å². The SMILES string of the molecule is CCOc1ncnc(NC(C)(C)COC)c1N. The number of hydrogen-bond donors (Lipinski definition) is 2. The standard InChI is InChI=1S/C11H20N4O2/c1-5-17-10-8(12)9(13-7-14-10)15-11(2,3)6-16-4/h7H,5-6,12H2,1-4H3,(H,13,14,15). The summed E-state index contributed by atoms with van der Waals surface area (Å²) < 4.78 is 10.4. The van der Waals surface area contributed by atoms with Gasteiger partial charge in [0.15, 0.2) is 5.82 Å². The summed E-state index contributed by atoms with van der Waals surface area (Å²) in [4.78, 5) is 8.08. The molecule has 0 bridgehead atoms. The van der Waals surface area contributed by atoms with Crippen molar-refractivity contribution in [1.29, 1.82) is 0 Å². The second-order valence-electron chi connectivity index (χ2n) is 4.32. The zero-order valence-electron chi connectivity index (χ0n) is 10.8. The van der Waals surface area contributed by atoms with Gasteiger partial charge in [-0.05, 0) is 20.8 Å².